The Morgan fingerprint density at radius 2 is 2.00 bits per heavy atom. The Kier molecular flexibility index (Phi) is 5.21. The lowest BCUT2D eigenvalue weighted by Crippen LogP contribution is -2.28. The van der Waals surface area contributed by atoms with Gasteiger partial charge in [0.2, 0.25) is 11.8 Å². The molecule has 6 nitrogen and oxygen atoms in total. The van der Waals surface area contributed by atoms with Gasteiger partial charge < -0.3 is 10.2 Å². The number of hydrogen-bond donors (Lipinski definition) is 1. The van der Waals surface area contributed by atoms with Crippen LogP contribution in [0.5, 0.6) is 0 Å². The second kappa shape index (κ2) is 7.28. The van der Waals surface area contributed by atoms with E-state index in [1.807, 2.05) is 0 Å². The van der Waals surface area contributed by atoms with Gasteiger partial charge >= 0.3 is 0 Å². The highest BCUT2D eigenvalue weighted by atomic mass is 35.5. The molecule has 3 rings (SSSR count). The van der Waals surface area contributed by atoms with Gasteiger partial charge in [0.1, 0.15) is 5.82 Å². The highest BCUT2D eigenvalue weighted by Crippen LogP contribution is 2.28. The second-order valence-electron chi connectivity index (χ2n) is 6.29. The quantitative estimate of drug-likeness (QED) is 0.785. The van der Waals surface area contributed by atoms with Gasteiger partial charge in [-0.3, -0.25) is 9.59 Å². The van der Waals surface area contributed by atoms with Crippen molar-refractivity contribution in [1.29, 1.82) is 0 Å². The highest BCUT2D eigenvalue weighted by molar-refractivity contribution is 7.90. The van der Waals surface area contributed by atoms with Crippen molar-refractivity contribution >= 4 is 44.6 Å². The van der Waals surface area contributed by atoms with Crippen LogP contribution in [0.4, 0.5) is 15.8 Å². The second-order valence-corrected chi connectivity index (χ2v) is 8.74. The minimum absolute atomic E-state index is 0.0360. The Labute approximate surface area is 160 Å². The number of nitrogens with zero attached hydrogens (tertiary/aromatic N) is 1. The summed E-state index contributed by atoms with van der Waals surface area (Å²) in [6.45, 7) is 0.123. The van der Waals surface area contributed by atoms with Gasteiger partial charge in [0.05, 0.1) is 16.5 Å². The van der Waals surface area contributed by atoms with Crippen LogP contribution in [0, 0.1) is 11.7 Å². The van der Waals surface area contributed by atoms with Crippen molar-refractivity contribution in [1.82, 2.24) is 0 Å². The Morgan fingerprint density at radius 1 is 1.26 bits per heavy atom. The van der Waals surface area contributed by atoms with Crippen molar-refractivity contribution in [2.24, 2.45) is 5.92 Å². The SMILES string of the molecule is CS(=O)(=O)c1ccc(F)c(NC(=O)C2CC(=O)N(c3cccc(Cl)c3)C2)c1. The fraction of sp³-hybridized carbons (Fsp3) is 0.222. The molecule has 0 aromatic heterocycles. The predicted molar refractivity (Wildman–Crippen MR) is 100 cm³/mol. The Hall–Kier alpha value is -2.45. The summed E-state index contributed by atoms with van der Waals surface area (Å²) in [6, 6.07) is 9.87. The van der Waals surface area contributed by atoms with Gasteiger partial charge in [0.25, 0.3) is 0 Å². The summed E-state index contributed by atoms with van der Waals surface area (Å²) in [5, 5.41) is 2.85. The zero-order valence-electron chi connectivity index (χ0n) is 14.3. The van der Waals surface area contributed by atoms with Crippen LogP contribution in [0.15, 0.2) is 47.4 Å². The van der Waals surface area contributed by atoms with Gasteiger partial charge in [-0.25, -0.2) is 12.8 Å². The van der Waals surface area contributed by atoms with Crippen LogP contribution in [0.1, 0.15) is 6.42 Å². The van der Waals surface area contributed by atoms with Crippen molar-refractivity contribution in [2.75, 3.05) is 23.0 Å². The molecule has 27 heavy (non-hydrogen) atoms. The molecule has 0 radical (unpaired) electrons. The van der Waals surface area contributed by atoms with Gasteiger partial charge in [0.15, 0.2) is 9.84 Å². The number of carbonyl (C=O) groups is 2. The zero-order valence-corrected chi connectivity index (χ0v) is 15.8. The molecule has 0 bridgehead atoms. The molecule has 2 amide bonds. The summed E-state index contributed by atoms with van der Waals surface area (Å²) >= 11 is 5.94. The van der Waals surface area contributed by atoms with Crippen LogP contribution >= 0.6 is 11.6 Å². The maximum Gasteiger partial charge on any atom is 0.229 e. The van der Waals surface area contributed by atoms with E-state index in [2.05, 4.69) is 5.32 Å². The van der Waals surface area contributed by atoms with Gasteiger partial charge in [-0.1, -0.05) is 17.7 Å². The number of amides is 2. The smallest absolute Gasteiger partial charge is 0.229 e. The molecule has 2 aromatic rings. The Bertz CT molecular complexity index is 1030. The maximum absolute atomic E-state index is 14.0. The summed E-state index contributed by atoms with van der Waals surface area (Å²) in [5.41, 5.74) is 0.338. The summed E-state index contributed by atoms with van der Waals surface area (Å²) < 4.78 is 37.2. The molecule has 9 heteroatoms. The first-order valence-corrected chi connectivity index (χ1v) is 10.3. The number of rotatable bonds is 4. The Morgan fingerprint density at radius 3 is 2.67 bits per heavy atom. The summed E-state index contributed by atoms with van der Waals surface area (Å²) in [4.78, 5) is 26.1. The molecule has 1 aliphatic heterocycles. The highest BCUT2D eigenvalue weighted by Gasteiger charge is 2.35. The molecule has 2 aromatic carbocycles. The normalized spacial score (nSPS) is 17.2. The number of halogens is 2. The Balaban J connectivity index is 1.77. The lowest BCUT2D eigenvalue weighted by atomic mass is 10.1. The summed E-state index contributed by atoms with van der Waals surface area (Å²) in [6.07, 6.45) is 0.954. The topological polar surface area (TPSA) is 83.5 Å². The lowest BCUT2D eigenvalue weighted by molar-refractivity contribution is -0.122. The number of carbonyl (C=O) groups excluding carboxylic acids is 2. The first kappa shape index (κ1) is 19.3. The van der Waals surface area contributed by atoms with E-state index in [0.717, 1.165) is 24.5 Å². The third-order valence-corrected chi connectivity index (χ3v) is 5.58. The third-order valence-electron chi connectivity index (χ3n) is 4.24. The van der Waals surface area contributed by atoms with E-state index in [1.54, 1.807) is 24.3 Å². The molecular formula is C18H16ClFN2O4S. The molecular weight excluding hydrogens is 395 g/mol. The van der Waals surface area contributed by atoms with Crippen molar-refractivity contribution in [3.05, 3.63) is 53.3 Å². The number of benzene rings is 2. The van der Waals surface area contributed by atoms with Gasteiger partial charge in [-0.15, -0.1) is 0 Å². The van der Waals surface area contributed by atoms with Crippen LogP contribution in [-0.4, -0.2) is 33.0 Å². The lowest BCUT2D eigenvalue weighted by Gasteiger charge is -2.17. The molecule has 0 aliphatic carbocycles. The van der Waals surface area contributed by atoms with E-state index in [4.69, 9.17) is 11.6 Å². The van der Waals surface area contributed by atoms with E-state index < -0.39 is 27.5 Å². The number of nitrogens with one attached hydrogen (secondary N) is 1. The number of hydrogen-bond acceptors (Lipinski definition) is 4. The van der Waals surface area contributed by atoms with Crippen LogP contribution in [0.2, 0.25) is 5.02 Å². The van der Waals surface area contributed by atoms with Crippen LogP contribution < -0.4 is 10.2 Å². The fourth-order valence-electron chi connectivity index (χ4n) is 2.84. The predicted octanol–water partition coefficient (Wildman–Crippen LogP) is 2.87. The van der Waals surface area contributed by atoms with Crippen LogP contribution in [-0.2, 0) is 19.4 Å². The zero-order chi connectivity index (χ0) is 19.8. The molecule has 1 atom stereocenters. The molecule has 1 N–H and O–H groups in total. The monoisotopic (exact) mass is 410 g/mol. The third kappa shape index (κ3) is 4.28. The van der Waals surface area contributed by atoms with E-state index in [9.17, 15) is 22.4 Å². The van der Waals surface area contributed by atoms with Crippen molar-refractivity contribution in [3.8, 4) is 0 Å². The van der Waals surface area contributed by atoms with Crippen molar-refractivity contribution < 1.29 is 22.4 Å². The minimum Gasteiger partial charge on any atom is -0.323 e. The van der Waals surface area contributed by atoms with Crippen LogP contribution in [0.3, 0.4) is 0 Å². The molecule has 142 valence electrons. The standard InChI is InChI=1S/C18H16ClFN2O4S/c1-27(25,26)14-5-6-15(20)16(9-14)21-18(24)11-7-17(23)22(10-11)13-4-2-3-12(19)8-13/h2-6,8-9,11H,7,10H2,1H3,(H,21,24). The first-order valence-electron chi connectivity index (χ1n) is 8.01. The first-order chi connectivity index (χ1) is 12.6. The number of sulfone groups is 1. The average molecular weight is 411 g/mol. The minimum atomic E-state index is -3.55. The van der Waals surface area contributed by atoms with Crippen LogP contribution in [0.25, 0.3) is 0 Å². The summed E-state index contributed by atoms with van der Waals surface area (Å²) in [5.74, 6) is -2.26. The average Bonchev–Trinajstić information content (AvgIpc) is 2.98. The van der Waals surface area contributed by atoms with Crippen molar-refractivity contribution in [2.45, 2.75) is 11.3 Å². The fourth-order valence-corrected chi connectivity index (χ4v) is 3.67. The van der Waals surface area contributed by atoms with Gasteiger partial charge in [-0.2, -0.15) is 0 Å². The number of anilines is 2. The molecule has 1 heterocycles. The molecule has 1 saturated heterocycles. The van der Waals surface area contributed by atoms with Crippen molar-refractivity contribution in [3.63, 3.8) is 0 Å². The molecule has 0 spiro atoms. The largest absolute Gasteiger partial charge is 0.323 e. The molecule has 1 aliphatic rings. The summed E-state index contributed by atoms with van der Waals surface area (Å²) in [7, 11) is -3.55. The molecule has 1 unspecified atom stereocenters. The van der Waals surface area contributed by atoms with Gasteiger partial charge in [-0.05, 0) is 36.4 Å². The van der Waals surface area contributed by atoms with Gasteiger partial charge in [0, 0.05) is 29.9 Å². The maximum atomic E-state index is 14.0. The van der Waals surface area contributed by atoms with E-state index in [0.29, 0.717) is 10.7 Å². The van der Waals surface area contributed by atoms with E-state index >= 15 is 0 Å². The molecule has 0 saturated carbocycles. The van der Waals surface area contributed by atoms with E-state index in [1.165, 1.54) is 4.90 Å². The molecule has 1 fully saturated rings. The van der Waals surface area contributed by atoms with E-state index in [-0.39, 0.29) is 29.5 Å².